The molecule has 19 heavy (non-hydrogen) atoms. The summed E-state index contributed by atoms with van der Waals surface area (Å²) in [6.07, 6.45) is 10.2. The Labute approximate surface area is 121 Å². The molecule has 1 N–H and O–H groups in total. The molecule has 0 amide bonds. The van der Waals surface area contributed by atoms with E-state index in [0.717, 1.165) is 17.8 Å². The van der Waals surface area contributed by atoms with Crippen molar-refractivity contribution < 1.29 is 0 Å². The number of rotatable bonds is 6. The number of hydrogen-bond donors (Lipinski definition) is 1. The third kappa shape index (κ3) is 7.97. The van der Waals surface area contributed by atoms with E-state index in [1.807, 2.05) is 0 Å². The Kier molecular flexibility index (Phi) is 7.42. The molecule has 1 saturated carbocycles. The molecule has 1 fully saturated rings. The molecule has 1 nitrogen and oxygen atoms in total. The van der Waals surface area contributed by atoms with Gasteiger partial charge in [-0.25, -0.2) is 0 Å². The maximum absolute atomic E-state index is 3.71. The molecule has 114 valence electrons. The lowest BCUT2D eigenvalue weighted by molar-refractivity contribution is 0.238. The fraction of sp³-hybridized carbons (Fsp3) is 1.00. The van der Waals surface area contributed by atoms with E-state index in [9.17, 15) is 0 Å². The van der Waals surface area contributed by atoms with Crippen LogP contribution in [0.15, 0.2) is 0 Å². The smallest absolute Gasteiger partial charge is 0.00178 e. The van der Waals surface area contributed by atoms with E-state index in [4.69, 9.17) is 0 Å². The topological polar surface area (TPSA) is 12.0 Å². The molecule has 1 aliphatic carbocycles. The largest absolute Gasteiger partial charge is 0.316 e. The first-order valence-corrected chi connectivity index (χ1v) is 8.59. The summed E-state index contributed by atoms with van der Waals surface area (Å²) in [5.41, 5.74) is 0.502. The molecule has 0 saturated heterocycles. The van der Waals surface area contributed by atoms with E-state index in [1.165, 1.54) is 58.0 Å². The van der Waals surface area contributed by atoms with Gasteiger partial charge in [0, 0.05) is 0 Å². The van der Waals surface area contributed by atoms with Gasteiger partial charge in [0.05, 0.1) is 0 Å². The summed E-state index contributed by atoms with van der Waals surface area (Å²) in [6.45, 7) is 14.2. The van der Waals surface area contributed by atoms with Crippen molar-refractivity contribution in [3.05, 3.63) is 0 Å². The Morgan fingerprint density at radius 1 is 1.00 bits per heavy atom. The predicted molar refractivity (Wildman–Crippen MR) is 86.5 cm³/mol. The van der Waals surface area contributed by atoms with Gasteiger partial charge in [0.15, 0.2) is 0 Å². The molecule has 1 heteroatoms. The maximum Gasteiger partial charge on any atom is -0.00178 e. The van der Waals surface area contributed by atoms with Crippen LogP contribution in [0.2, 0.25) is 0 Å². The van der Waals surface area contributed by atoms with Crippen LogP contribution in [0, 0.1) is 23.2 Å². The lowest BCUT2D eigenvalue weighted by atomic mass is 9.79. The zero-order valence-corrected chi connectivity index (χ0v) is 14.1. The minimum atomic E-state index is 0.502. The molecule has 1 rings (SSSR count). The molecule has 0 aromatic carbocycles. The van der Waals surface area contributed by atoms with Crippen molar-refractivity contribution >= 4 is 0 Å². The first-order valence-electron chi connectivity index (χ1n) is 8.59. The summed E-state index contributed by atoms with van der Waals surface area (Å²) in [7, 11) is 0. The van der Waals surface area contributed by atoms with Gasteiger partial charge in [0.25, 0.3) is 0 Å². The third-order valence-corrected chi connectivity index (χ3v) is 4.54. The highest BCUT2D eigenvalue weighted by Gasteiger charge is 2.24. The first-order chi connectivity index (χ1) is 8.88. The average Bonchev–Trinajstić information content (AvgIpc) is 2.50. The average molecular weight is 268 g/mol. The van der Waals surface area contributed by atoms with E-state index in [1.54, 1.807) is 0 Å². The van der Waals surface area contributed by atoms with Gasteiger partial charge >= 0.3 is 0 Å². The molecule has 0 aromatic heterocycles. The van der Waals surface area contributed by atoms with Crippen molar-refractivity contribution in [3.63, 3.8) is 0 Å². The second-order valence-corrected chi connectivity index (χ2v) is 8.31. The lowest BCUT2D eigenvalue weighted by Crippen LogP contribution is -2.30. The zero-order valence-electron chi connectivity index (χ0n) is 14.1. The Balaban J connectivity index is 2.41. The Bertz CT molecular complexity index is 226. The van der Waals surface area contributed by atoms with Crippen LogP contribution in [-0.4, -0.2) is 13.1 Å². The first kappa shape index (κ1) is 17.0. The fourth-order valence-electron chi connectivity index (χ4n) is 3.29. The Hall–Kier alpha value is -0.0400. The highest BCUT2D eigenvalue weighted by Crippen LogP contribution is 2.34. The quantitative estimate of drug-likeness (QED) is 0.648. The van der Waals surface area contributed by atoms with E-state index >= 15 is 0 Å². The van der Waals surface area contributed by atoms with E-state index in [2.05, 4.69) is 39.9 Å². The molecule has 2 unspecified atom stereocenters. The molecular weight excluding hydrogens is 230 g/mol. The van der Waals surface area contributed by atoms with Crippen LogP contribution in [-0.2, 0) is 0 Å². The summed E-state index contributed by atoms with van der Waals surface area (Å²) in [5.74, 6) is 2.68. The SMILES string of the molecule is CC(C)CNCC1CCCCCC1CCC(C)(C)C. The van der Waals surface area contributed by atoms with E-state index in [-0.39, 0.29) is 0 Å². The summed E-state index contributed by atoms with van der Waals surface area (Å²) >= 11 is 0. The highest BCUT2D eigenvalue weighted by atomic mass is 14.9. The van der Waals surface area contributed by atoms with Crippen LogP contribution < -0.4 is 5.32 Å². The number of hydrogen-bond acceptors (Lipinski definition) is 1. The summed E-state index contributed by atoms with van der Waals surface area (Å²) in [5, 5.41) is 3.71. The van der Waals surface area contributed by atoms with Crippen LogP contribution in [0.3, 0.4) is 0 Å². The molecule has 0 aromatic rings. The van der Waals surface area contributed by atoms with Crippen LogP contribution in [0.4, 0.5) is 0 Å². The molecule has 0 heterocycles. The summed E-state index contributed by atoms with van der Waals surface area (Å²) < 4.78 is 0. The van der Waals surface area contributed by atoms with E-state index in [0.29, 0.717) is 5.41 Å². The Morgan fingerprint density at radius 3 is 2.21 bits per heavy atom. The molecule has 0 radical (unpaired) electrons. The third-order valence-electron chi connectivity index (χ3n) is 4.54. The van der Waals surface area contributed by atoms with Crippen LogP contribution in [0.1, 0.15) is 79.6 Å². The predicted octanol–water partition coefficient (Wildman–Crippen LogP) is 5.25. The zero-order chi connectivity index (χ0) is 14.3. The molecule has 1 aliphatic rings. The monoisotopic (exact) mass is 267 g/mol. The normalized spacial score (nSPS) is 25.6. The van der Waals surface area contributed by atoms with Gasteiger partial charge in [-0.2, -0.15) is 0 Å². The minimum Gasteiger partial charge on any atom is -0.316 e. The minimum absolute atomic E-state index is 0.502. The van der Waals surface area contributed by atoms with Crippen LogP contribution in [0.5, 0.6) is 0 Å². The van der Waals surface area contributed by atoms with Gasteiger partial charge in [-0.3, -0.25) is 0 Å². The molecule has 0 bridgehead atoms. The van der Waals surface area contributed by atoms with E-state index < -0.39 is 0 Å². The van der Waals surface area contributed by atoms with Gasteiger partial charge in [-0.1, -0.05) is 60.3 Å². The molecule has 2 atom stereocenters. The van der Waals surface area contributed by atoms with Gasteiger partial charge in [0.1, 0.15) is 0 Å². The van der Waals surface area contributed by atoms with Crippen molar-refractivity contribution in [3.8, 4) is 0 Å². The highest BCUT2D eigenvalue weighted by molar-refractivity contribution is 4.78. The van der Waals surface area contributed by atoms with Gasteiger partial charge in [0.2, 0.25) is 0 Å². The second kappa shape index (κ2) is 8.29. The summed E-state index contributed by atoms with van der Waals surface area (Å²) in [4.78, 5) is 0. The molecular formula is C18H37N. The van der Waals surface area contributed by atoms with Gasteiger partial charge < -0.3 is 5.32 Å². The fourth-order valence-corrected chi connectivity index (χ4v) is 3.29. The van der Waals surface area contributed by atoms with Crippen molar-refractivity contribution in [2.45, 2.75) is 79.6 Å². The van der Waals surface area contributed by atoms with Crippen LogP contribution >= 0.6 is 0 Å². The van der Waals surface area contributed by atoms with Crippen molar-refractivity contribution in [1.29, 1.82) is 0 Å². The standard InChI is InChI=1S/C18H37N/c1-15(2)13-19-14-17-10-8-6-7-9-16(17)11-12-18(3,4)5/h15-17,19H,6-14H2,1-5H3. The van der Waals surface area contributed by atoms with Crippen molar-refractivity contribution in [2.75, 3.05) is 13.1 Å². The number of nitrogens with one attached hydrogen (secondary N) is 1. The lowest BCUT2D eigenvalue weighted by Gasteiger charge is -2.29. The maximum atomic E-state index is 3.71. The summed E-state index contributed by atoms with van der Waals surface area (Å²) in [6, 6.07) is 0. The van der Waals surface area contributed by atoms with Crippen LogP contribution in [0.25, 0.3) is 0 Å². The van der Waals surface area contributed by atoms with Crippen molar-refractivity contribution in [1.82, 2.24) is 5.32 Å². The van der Waals surface area contributed by atoms with Crippen molar-refractivity contribution in [2.24, 2.45) is 23.2 Å². The Morgan fingerprint density at radius 2 is 1.63 bits per heavy atom. The van der Waals surface area contributed by atoms with Gasteiger partial charge in [-0.15, -0.1) is 0 Å². The molecule has 0 aliphatic heterocycles. The van der Waals surface area contributed by atoms with Gasteiger partial charge in [-0.05, 0) is 55.5 Å². The molecule has 0 spiro atoms. The second-order valence-electron chi connectivity index (χ2n) is 8.31.